The highest BCUT2D eigenvalue weighted by molar-refractivity contribution is 7.99. The number of amides is 1. The summed E-state index contributed by atoms with van der Waals surface area (Å²) in [6.07, 6.45) is -0.178. The predicted octanol–water partition coefficient (Wildman–Crippen LogP) is 3.33. The molecule has 0 saturated carbocycles. The van der Waals surface area contributed by atoms with Crippen LogP contribution in [0.5, 0.6) is 0 Å². The summed E-state index contributed by atoms with van der Waals surface area (Å²) >= 11 is 1.40. The van der Waals surface area contributed by atoms with E-state index in [0.29, 0.717) is 34.1 Å². The van der Waals surface area contributed by atoms with Gasteiger partial charge in [-0.05, 0) is 41.1 Å². The molecule has 0 spiro atoms. The number of anilines is 1. The SMILES string of the molecule is CC(Sc1nnnn1C)[C@H]1CN(c2ccc(-c3ccc(C=O)cc3)c(F)c2)C(=O)O1. The molecular formula is C20H18FN5O3S. The van der Waals surface area contributed by atoms with Crippen molar-refractivity contribution in [2.75, 3.05) is 11.4 Å². The number of carbonyl (C=O) groups excluding carboxylic acids is 2. The second-order valence-electron chi connectivity index (χ2n) is 6.84. The van der Waals surface area contributed by atoms with E-state index < -0.39 is 18.0 Å². The van der Waals surface area contributed by atoms with E-state index in [1.807, 2.05) is 6.92 Å². The predicted molar refractivity (Wildman–Crippen MR) is 109 cm³/mol. The number of tetrazole rings is 1. The van der Waals surface area contributed by atoms with Gasteiger partial charge in [-0.25, -0.2) is 13.9 Å². The number of ether oxygens (including phenoxy) is 1. The van der Waals surface area contributed by atoms with Gasteiger partial charge >= 0.3 is 6.09 Å². The molecule has 8 nitrogen and oxygen atoms in total. The van der Waals surface area contributed by atoms with Crippen molar-refractivity contribution in [3.63, 3.8) is 0 Å². The number of hydrogen-bond acceptors (Lipinski definition) is 7. The molecular weight excluding hydrogens is 409 g/mol. The Morgan fingerprint density at radius 1 is 1.27 bits per heavy atom. The summed E-state index contributed by atoms with van der Waals surface area (Å²) in [5.41, 5.74) is 1.98. The molecule has 1 aromatic heterocycles. The topological polar surface area (TPSA) is 90.2 Å². The Bertz CT molecular complexity index is 1090. The fraction of sp³-hybridized carbons (Fsp3) is 0.250. The van der Waals surface area contributed by atoms with Crippen LogP contribution in [-0.2, 0) is 11.8 Å². The Morgan fingerprint density at radius 3 is 2.67 bits per heavy atom. The molecule has 10 heteroatoms. The molecule has 1 aliphatic heterocycles. The lowest BCUT2D eigenvalue weighted by Crippen LogP contribution is -2.28. The monoisotopic (exact) mass is 427 g/mol. The Kier molecular flexibility index (Phi) is 5.49. The van der Waals surface area contributed by atoms with Gasteiger partial charge in [0.2, 0.25) is 5.16 Å². The van der Waals surface area contributed by atoms with E-state index in [2.05, 4.69) is 15.5 Å². The Hall–Kier alpha value is -3.27. The molecule has 1 aliphatic rings. The summed E-state index contributed by atoms with van der Waals surface area (Å²) in [7, 11) is 1.73. The third kappa shape index (κ3) is 3.90. The Balaban J connectivity index is 1.49. The molecule has 2 heterocycles. The van der Waals surface area contributed by atoms with Gasteiger partial charge in [0.1, 0.15) is 18.2 Å². The number of carbonyl (C=O) groups is 2. The number of cyclic esters (lactones) is 1. The fourth-order valence-corrected chi connectivity index (χ4v) is 4.05. The van der Waals surface area contributed by atoms with E-state index in [-0.39, 0.29) is 5.25 Å². The van der Waals surface area contributed by atoms with Gasteiger partial charge in [0.15, 0.2) is 0 Å². The molecule has 154 valence electrons. The van der Waals surface area contributed by atoms with E-state index in [4.69, 9.17) is 4.74 Å². The van der Waals surface area contributed by atoms with Crippen molar-refractivity contribution in [2.24, 2.45) is 7.05 Å². The van der Waals surface area contributed by atoms with Crippen LogP contribution in [0.25, 0.3) is 11.1 Å². The van der Waals surface area contributed by atoms with Crippen molar-refractivity contribution < 1.29 is 18.7 Å². The number of aldehydes is 1. The highest BCUT2D eigenvalue weighted by Gasteiger charge is 2.37. The zero-order valence-electron chi connectivity index (χ0n) is 16.2. The molecule has 3 aromatic rings. The van der Waals surface area contributed by atoms with Crippen LogP contribution in [0.4, 0.5) is 14.9 Å². The highest BCUT2D eigenvalue weighted by Crippen LogP contribution is 2.32. The highest BCUT2D eigenvalue weighted by atomic mass is 32.2. The number of thioether (sulfide) groups is 1. The van der Waals surface area contributed by atoms with Crippen LogP contribution in [0.3, 0.4) is 0 Å². The first kappa shape index (κ1) is 20.0. The van der Waals surface area contributed by atoms with E-state index in [1.54, 1.807) is 48.1 Å². The van der Waals surface area contributed by atoms with Crippen molar-refractivity contribution in [3.05, 3.63) is 53.8 Å². The average molecular weight is 427 g/mol. The normalized spacial score (nSPS) is 17.1. The second kappa shape index (κ2) is 8.23. The third-order valence-corrected chi connectivity index (χ3v) is 6.09. The molecule has 1 saturated heterocycles. The molecule has 4 rings (SSSR count). The minimum absolute atomic E-state index is 0.0934. The van der Waals surface area contributed by atoms with Gasteiger partial charge in [-0.15, -0.1) is 5.10 Å². The quantitative estimate of drug-likeness (QED) is 0.440. The van der Waals surface area contributed by atoms with Crippen molar-refractivity contribution in [1.29, 1.82) is 0 Å². The number of benzene rings is 2. The smallest absolute Gasteiger partial charge is 0.414 e. The number of hydrogen-bond donors (Lipinski definition) is 0. The molecule has 0 N–H and O–H groups in total. The maximum atomic E-state index is 14.8. The van der Waals surface area contributed by atoms with Gasteiger partial charge < -0.3 is 4.74 Å². The summed E-state index contributed by atoms with van der Waals surface area (Å²) in [4.78, 5) is 24.6. The molecule has 2 aromatic carbocycles. The largest absolute Gasteiger partial charge is 0.443 e. The van der Waals surface area contributed by atoms with Gasteiger partial charge in [-0.3, -0.25) is 9.69 Å². The zero-order valence-corrected chi connectivity index (χ0v) is 17.0. The number of aryl methyl sites for hydroxylation is 1. The van der Waals surface area contributed by atoms with Gasteiger partial charge in [-0.2, -0.15) is 0 Å². The van der Waals surface area contributed by atoms with Crippen LogP contribution in [0.15, 0.2) is 47.6 Å². The summed E-state index contributed by atoms with van der Waals surface area (Å²) in [6, 6.07) is 11.2. The molecule has 1 amide bonds. The van der Waals surface area contributed by atoms with Crippen molar-refractivity contribution >= 4 is 29.8 Å². The van der Waals surface area contributed by atoms with Gasteiger partial charge in [0.05, 0.1) is 12.2 Å². The second-order valence-corrected chi connectivity index (χ2v) is 8.19. The van der Waals surface area contributed by atoms with Gasteiger partial charge in [0.25, 0.3) is 0 Å². The third-order valence-electron chi connectivity index (χ3n) is 4.85. The van der Waals surface area contributed by atoms with E-state index >= 15 is 0 Å². The molecule has 1 unspecified atom stereocenters. The first-order valence-corrected chi connectivity index (χ1v) is 10.1. The number of rotatable bonds is 6. The molecule has 0 radical (unpaired) electrons. The summed E-state index contributed by atoms with van der Waals surface area (Å²) in [5.74, 6) is -0.463. The van der Waals surface area contributed by atoms with Crippen molar-refractivity contribution in [1.82, 2.24) is 20.2 Å². The molecule has 1 fully saturated rings. The number of aromatic nitrogens is 4. The lowest BCUT2D eigenvalue weighted by atomic mass is 10.0. The molecule has 0 aliphatic carbocycles. The van der Waals surface area contributed by atoms with Crippen LogP contribution in [0, 0.1) is 5.82 Å². The van der Waals surface area contributed by atoms with E-state index in [9.17, 15) is 14.0 Å². The summed E-state index contributed by atoms with van der Waals surface area (Å²) < 4.78 is 21.8. The standard InChI is InChI=1S/C20H18FN5O3S/c1-12(30-19-22-23-24-25(19)2)18-10-26(20(28)29-18)15-7-8-16(17(21)9-15)14-5-3-13(11-27)4-6-14/h3-9,11-12,18H,10H2,1-2H3/t12?,18-/m1/s1. The average Bonchev–Trinajstić information content (AvgIpc) is 3.33. The van der Waals surface area contributed by atoms with Crippen molar-refractivity contribution in [2.45, 2.75) is 23.4 Å². The van der Waals surface area contributed by atoms with Gasteiger partial charge in [0, 0.05) is 23.4 Å². The van der Waals surface area contributed by atoms with Crippen LogP contribution >= 0.6 is 11.8 Å². The summed E-state index contributed by atoms with van der Waals surface area (Å²) in [6.45, 7) is 2.22. The first-order chi connectivity index (χ1) is 14.5. The minimum Gasteiger partial charge on any atom is -0.443 e. The molecule has 30 heavy (non-hydrogen) atoms. The van der Waals surface area contributed by atoms with Crippen molar-refractivity contribution in [3.8, 4) is 11.1 Å². The lowest BCUT2D eigenvalue weighted by Gasteiger charge is -2.17. The van der Waals surface area contributed by atoms with Crippen LogP contribution in [0.1, 0.15) is 17.3 Å². The first-order valence-electron chi connectivity index (χ1n) is 9.18. The molecule has 0 bridgehead atoms. The summed E-state index contributed by atoms with van der Waals surface area (Å²) in [5, 5.41) is 11.8. The van der Waals surface area contributed by atoms with E-state index in [1.165, 1.54) is 22.7 Å². The van der Waals surface area contributed by atoms with Gasteiger partial charge in [-0.1, -0.05) is 36.0 Å². The Morgan fingerprint density at radius 2 is 2.03 bits per heavy atom. The minimum atomic E-state index is -0.522. The van der Waals surface area contributed by atoms with Crippen LogP contribution in [0.2, 0.25) is 0 Å². The maximum absolute atomic E-state index is 14.8. The number of nitrogens with zero attached hydrogens (tertiary/aromatic N) is 5. The lowest BCUT2D eigenvalue weighted by molar-refractivity contribution is 0.112. The van der Waals surface area contributed by atoms with Crippen LogP contribution in [-0.4, -0.2) is 50.5 Å². The maximum Gasteiger partial charge on any atom is 0.414 e. The number of halogens is 1. The zero-order chi connectivity index (χ0) is 21.3. The van der Waals surface area contributed by atoms with E-state index in [0.717, 1.165) is 6.29 Å². The van der Waals surface area contributed by atoms with Crippen LogP contribution < -0.4 is 4.90 Å². The molecule has 2 atom stereocenters. The Labute approximate surface area is 176 Å². The fourth-order valence-electron chi connectivity index (χ4n) is 3.15.